The molecule has 0 spiro atoms. The fourth-order valence-corrected chi connectivity index (χ4v) is 2.19. The van der Waals surface area contributed by atoms with Crippen LogP contribution in [0.1, 0.15) is 22.3 Å². The van der Waals surface area contributed by atoms with Crippen LogP contribution in [0.5, 0.6) is 0 Å². The summed E-state index contributed by atoms with van der Waals surface area (Å²) in [5.74, 6) is -0.0101. The Bertz CT molecular complexity index is 493. The third kappa shape index (κ3) is 1.92. The van der Waals surface area contributed by atoms with E-state index in [2.05, 4.69) is 15.0 Å². The Labute approximate surface area is 91.0 Å². The molecule has 0 aliphatic rings. The minimum absolute atomic E-state index is 0.0101. The molecule has 0 amide bonds. The molecule has 0 aliphatic heterocycles. The van der Waals surface area contributed by atoms with Gasteiger partial charge in [0.15, 0.2) is 5.78 Å². The number of aryl methyl sites for hydroxylation is 1. The molecule has 76 valence electrons. The van der Waals surface area contributed by atoms with Gasteiger partial charge in [-0.25, -0.2) is 15.0 Å². The van der Waals surface area contributed by atoms with Crippen molar-refractivity contribution in [3.05, 3.63) is 29.2 Å². The first kappa shape index (κ1) is 9.92. The number of rotatable bonds is 2. The van der Waals surface area contributed by atoms with E-state index in [-0.39, 0.29) is 5.78 Å². The Morgan fingerprint density at radius 2 is 2.27 bits per heavy atom. The maximum atomic E-state index is 11.2. The van der Waals surface area contributed by atoms with Gasteiger partial charge in [0.05, 0.1) is 0 Å². The van der Waals surface area contributed by atoms with E-state index in [1.54, 1.807) is 12.3 Å². The van der Waals surface area contributed by atoms with Crippen LogP contribution in [0, 0.1) is 6.92 Å². The van der Waals surface area contributed by atoms with E-state index in [1.807, 2.05) is 6.92 Å². The summed E-state index contributed by atoms with van der Waals surface area (Å²) >= 11 is 1.47. The van der Waals surface area contributed by atoms with Crippen LogP contribution in [0.2, 0.25) is 0 Å². The van der Waals surface area contributed by atoms with Crippen LogP contribution < -0.4 is 0 Å². The second-order valence-electron chi connectivity index (χ2n) is 3.07. The van der Waals surface area contributed by atoms with Crippen molar-refractivity contribution < 1.29 is 4.79 Å². The summed E-state index contributed by atoms with van der Waals surface area (Å²) in [6.07, 6.45) is 3.13. The van der Waals surface area contributed by atoms with Crippen molar-refractivity contribution in [2.75, 3.05) is 0 Å². The molecule has 0 bridgehead atoms. The summed E-state index contributed by atoms with van der Waals surface area (Å²) in [7, 11) is 0. The molecule has 2 aromatic rings. The molecule has 0 aliphatic carbocycles. The third-order valence-electron chi connectivity index (χ3n) is 1.93. The van der Waals surface area contributed by atoms with Gasteiger partial charge < -0.3 is 0 Å². The molecule has 2 rings (SSSR count). The normalized spacial score (nSPS) is 10.3. The van der Waals surface area contributed by atoms with Crippen molar-refractivity contribution in [3.8, 4) is 10.7 Å². The molecule has 2 aromatic heterocycles. The van der Waals surface area contributed by atoms with Crippen LogP contribution in [0.4, 0.5) is 0 Å². The summed E-state index contributed by atoms with van der Waals surface area (Å²) in [4.78, 5) is 24.3. The molecule has 0 saturated heterocycles. The van der Waals surface area contributed by atoms with E-state index in [4.69, 9.17) is 0 Å². The average Bonchev–Trinajstić information content (AvgIpc) is 2.62. The second kappa shape index (κ2) is 3.86. The van der Waals surface area contributed by atoms with Gasteiger partial charge in [0.2, 0.25) is 0 Å². The lowest BCUT2D eigenvalue weighted by Crippen LogP contribution is -1.94. The highest BCUT2D eigenvalue weighted by Gasteiger charge is 2.12. The van der Waals surface area contributed by atoms with E-state index < -0.39 is 0 Å². The van der Waals surface area contributed by atoms with E-state index in [0.717, 1.165) is 15.6 Å². The van der Waals surface area contributed by atoms with Crippen LogP contribution in [0.3, 0.4) is 0 Å². The highest BCUT2D eigenvalue weighted by atomic mass is 32.1. The molecular formula is C10H9N3OS. The number of hydrogen-bond donors (Lipinski definition) is 0. The van der Waals surface area contributed by atoms with Gasteiger partial charge in [-0.2, -0.15) is 0 Å². The Morgan fingerprint density at radius 3 is 2.80 bits per heavy atom. The van der Waals surface area contributed by atoms with E-state index in [1.165, 1.54) is 24.6 Å². The Morgan fingerprint density at radius 1 is 1.47 bits per heavy atom. The van der Waals surface area contributed by atoms with Gasteiger partial charge in [-0.1, -0.05) is 0 Å². The largest absolute Gasteiger partial charge is 0.293 e. The van der Waals surface area contributed by atoms with E-state index in [0.29, 0.717) is 5.69 Å². The van der Waals surface area contributed by atoms with Crippen LogP contribution in [0.25, 0.3) is 10.7 Å². The van der Waals surface area contributed by atoms with E-state index >= 15 is 0 Å². The first-order chi connectivity index (χ1) is 7.18. The van der Waals surface area contributed by atoms with Crippen LogP contribution in [-0.2, 0) is 0 Å². The predicted octanol–water partition coefficient (Wildman–Crippen LogP) is 2.11. The first-order valence-electron chi connectivity index (χ1n) is 4.43. The Balaban J connectivity index is 2.48. The zero-order chi connectivity index (χ0) is 10.8. The molecule has 0 radical (unpaired) electrons. The number of thiazole rings is 1. The fraction of sp³-hybridized carbons (Fsp3) is 0.200. The maximum Gasteiger partial charge on any atom is 0.179 e. The topological polar surface area (TPSA) is 55.7 Å². The SMILES string of the molecule is CC(=O)c1nc(-c2ccncn2)sc1C. The lowest BCUT2D eigenvalue weighted by Gasteiger charge is -1.91. The molecule has 4 nitrogen and oxygen atoms in total. The van der Waals surface area contributed by atoms with Crippen molar-refractivity contribution in [3.63, 3.8) is 0 Å². The molecule has 0 aromatic carbocycles. The molecule has 0 unspecified atom stereocenters. The Hall–Kier alpha value is -1.62. The maximum absolute atomic E-state index is 11.2. The zero-order valence-corrected chi connectivity index (χ0v) is 9.21. The summed E-state index contributed by atoms with van der Waals surface area (Å²) in [6, 6.07) is 1.78. The number of Topliss-reactive ketones (excluding diaryl/α,β-unsaturated/α-hetero) is 1. The zero-order valence-electron chi connectivity index (χ0n) is 8.39. The molecule has 0 N–H and O–H groups in total. The Kier molecular flexibility index (Phi) is 2.55. The smallest absolute Gasteiger partial charge is 0.179 e. The monoisotopic (exact) mass is 219 g/mol. The average molecular weight is 219 g/mol. The van der Waals surface area contributed by atoms with Gasteiger partial charge in [-0.15, -0.1) is 11.3 Å². The quantitative estimate of drug-likeness (QED) is 0.726. The number of carbonyl (C=O) groups excluding carboxylic acids is 1. The van der Waals surface area contributed by atoms with Crippen LogP contribution >= 0.6 is 11.3 Å². The van der Waals surface area contributed by atoms with Crippen LogP contribution in [-0.4, -0.2) is 20.7 Å². The molecule has 0 fully saturated rings. The molecule has 2 heterocycles. The molecular weight excluding hydrogens is 210 g/mol. The first-order valence-corrected chi connectivity index (χ1v) is 5.25. The van der Waals surface area contributed by atoms with Gasteiger partial charge in [0.25, 0.3) is 0 Å². The minimum Gasteiger partial charge on any atom is -0.293 e. The summed E-state index contributed by atoms with van der Waals surface area (Å²) in [5.41, 5.74) is 1.29. The second-order valence-corrected chi connectivity index (χ2v) is 4.28. The summed E-state index contributed by atoms with van der Waals surface area (Å²) < 4.78 is 0. The number of hydrogen-bond acceptors (Lipinski definition) is 5. The molecule has 5 heteroatoms. The van der Waals surface area contributed by atoms with Crippen LogP contribution in [0.15, 0.2) is 18.6 Å². The summed E-state index contributed by atoms with van der Waals surface area (Å²) in [5, 5.41) is 0.764. The van der Waals surface area contributed by atoms with Gasteiger partial charge in [-0.05, 0) is 13.0 Å². The number of aromatic nitrogens is 3. The minimum atomic E-state index is -0.0101. The number of carbonyl (C=O) groups is 1. The predicted molar refractivity (Wildman–Crippen MR) is 57.9 cm³/mol. The highest BCUT2D eigenvalue weighted by Crippen LogP contribution is 2.25. The lowest BCUT2D eigenvalue weighted by molar-refractivity contribution is 0.101. The number of nitrogens with zero attached hydrogens (tertiary/aromatic N) is 3. The van der Waals surface area contributed by atoms with Gasteiger partial charge in [-0.3, -0.25) is 4.79 Å². The third-order valence-corrected chi connectivity index (χ3v) is 2.92. The highest BCUT2D eigenvalue weighted by molar-refractivity contribution is 7.15. The van der Waals surface area contributed by atoms with Gasteiger partial charge in [0.1, 0.15) is 22.7 Å². The fourth-order valence-electron chi connectivity index (χ4n) is 1.25. The standard InChI is InChI=1S/C10H9N3OS/c1-6(14)9-7(2)15-10(13-9)8-3-4-11-5-12-8/h3-5H,1-2H3. The van der Waals surface area contributed by atoms with Crippen molar-refractivity contribution in [2.24, 2.45) is 0 Å². The molecule has 0 atom stereocenters. The molecule has 0 saturated carbocycles. The van der Waals surface area contributed by atoms with Gasteiger partial charge >= 0.3 is 0 Å². The van der Waals surface area contributed by atoms with Crippen molar-refractivity contribution in [1.29, 1.82) is 0 Å². The van der Waals surface area contributed by atoms with Crippen molar-refractivity contribution in [2.45, 2.75) is 13.8 Å². The summed E-state index contributed by atoms with van der Waals surface area (Å²) in [6.45, 7) is 3.41. The molecule has 15 heavy (non-hydrogen) atoms. The lowest BCUT2D eigenvalue weighted by atomic mass is 10.3. The van der Waals surface area contributed by atoms with Crippen molar-refractivity contribution in [1.82, 2.24) is 15.0 Å². The van der Waals surface area contributed by atoms with Crippen molar-refractivity contribution >= 4 is 17.1 Å². The van der Waals surface area contributed by atoms with E-state index in [9.17, 15) is 4.79 Å². The number of ketones is 1. The van der Waals surface area contributed by atoms with Gasteiger partial charge in [0, 0.05) is 18.0 Å².